The molecule has 128 valence electrons. The summed E-state index contributed by atoms with van der Waals surface area (Å²) in [6.07, 6.45) is 0. The van der Waals surface area contributed by atoms with Gasteiger partial charge in [0.1, 0.15) is 0 Å². The monoisotopic (exact) mass is 366 g/mol. The molecule has 0 saturated heterocycles. The molecular weight excluding hydrogens is 348 g/mol. The third kappa shape index (κ3) is 4.80. The molecule has 24 heavy (non-hydrogen) atoms. The molecule has 0 aliphatic heterocycles. The van der Waals surface area contributed by atoms with E-state index in [4.69, 9.17) is 11.6 Å². The van der Waals surface area contributed by atoms with Crippen LogP contribution in [0.25, 0.3) is 0 Å². The zero-order valence-electron chi connectivity index (χ0n) is 13.4. The normalized spacial score (nSPS) is 11.5. The summed E-state index contributed by atoms with van der Waals surface area (Å²) in [5, 5.41) is 2.94. The van der Waals surface area contributed by atoms with Crippen molar-refractivity contribution in [2.45, 2.75) is 31.3 Å². The average Bonchev–Trinajstić information content (AvgIpc) is 2.52. The Kier molecular flexibility index (Phi) is 5.99. The highest BCUT2D eigenvalue weighted by Crippen LogP contribution is 2.21. The van der Waals surface area contributed by atoms with Crippen molar-refractivity contribution >= 4 is 27.5 Å². The van der Waals surface area contributed by atoms with Crippen LogP contribution in [0.3, 0.4) is 0 Å². The maximum absolute atomic E-state index is 12.3. The Morgan fingerprint density at radius 1 is 1.12 bits per heavy atom. The molecule has 0 heterocycles. The zero-order valence-corrected chi connectivity index (χ0v) is 15.0. The van der Waals surface area contributed by atoms with Crippen molar-refractivity contribution in [3.05, 3.63) is 64.7 Å². The molecule has 0 aliphatic carbocycles. The van der Waals surface area contributed by atoms with Crippen molar-refractivity contribution in [3.63, 3.8) is 0 Å². The van der Waals surface area contributed by atoms with Crippen molar-refractivity contribution in [1.82, 2.24) is 10.0 Å². The lowest BCUT2D eigenvalue weighted by Crippen LogP contribution is -2.30. The predicted molar refractivity (Wildman–Crippen MR) is 94.5 cm³/mol. The van der Waals surface area contributed by atoms with Gasteiger partial charge >= 0.3 is 0 Å². The van der Waals surface area contributed by atoms with E-state index in [-0.39, 0.29) is 21.5 Å². The molecule has 0 radical (unpaired) electrons. The zero-order chi connectivity index (χ0) is 17.7. The summed E-state index contributed by atoms with van der Waals surface area (Å²) in [6, 6.07) is 13.2. The second-order valence-corrected chi connectivity index (χ2v) is 7.71. The van der Waals surface area contributed by atoms with Gasteiger partial charge in [-0.1, -0.05) is 41.9 Å². The van der Waals surface area contributed by atoms with Gasteiger partial charge in [-0.05, 0) is 37.6 Å². The number of hydrogen-bond donors (Lipinski definition) is 2. The van der Waals surface area contributed by atoms with Crippen molar-refractivity contribution in [1.29, 1.82) is 0 Å². The van der Waals surface area contributed by atoms with Gasteiger partial charge in [-0.25, -0.2) is 13.1 Å². The van der Waals surface area contributed by atoms with Gasteiger partial charge in [0.25, 0.3) is 5.91 Å². The molecule has 7 heteroatoms. The standard InChI is InChI=1S/C17H19ClN2O3S/c1-12(2)20-24(22,23)14-8-9-16(18)15(10-14)17(21)19-11-13-6-4-3-5-7-13/h3-10,12,20H,11H2,1-2H3,(H,19,21). The minimum atomic E-state index is -3.69. The number of sulfonamides is 1. The van der Waals surface area contributed by atoms with Crippen molar-refractivity contribution in [3.8, 4) is 0 Å². The summed E-state index contributed by atoms with van der Waals surface area (Å²) in [7, 11) is -3.69. The smallest absolute Gasteiger partial charge is 0.253 e. The van der Waals surface area contributed by atoms with Gasteiger partial charge in [0.15, 0.2) is 0 Å². The van der Waals surface area contributed by atoms with Crippen LogP contribution in [-0.2, 0) is 16.6 Å². The lowest BCUT2D eigenvalue weighted by atomic mass is 10.2. The molecule has 2 aromatic carbocycles. The minimum Gasteiger partial charge on any atom is -0.348 e. The summed E-state index contributed by atoms with van der Waals surface area (Å²) >= 11 is 6.05. The highest BCUT2D eigenvalue weighted by Gasteiger charge is 2.19. The number of carbonyl (C=O) groups is 1. The highest BCUT2D eigenvalue weighted by atomic mass is 35.5. The fraction of sp³-hybridized carbons (Fsp3) is 0.235. The summed E-state index contributed by atoms with van der Waals surface area (Å²) in [6.45, 7) is 3.78. The van der Waals surface area contributed by atoms with E-state index in [0.29, 0.717) is 6.54 Å². The first kappa shape index (κ1) is 18.4. The Morgan fingerprint density at radius 3 is 2.42 bits per heavy atom. The van der Waals surface area contributed by atoms with Crippen LogP contribution in [0, 0.1) is 0 Å². The molecule has 2 rings (SSSR count). The molecule has 5 nitrogen and oxygen atoms in total. The van der Waals surface area contributed by atoms with E-state index >= 15 is 0 Å². The molecule has 0 aromatic heterocycles. The number of hydrogen-bond acceptors (Lipinski definition) is 3. The number of benzene rings is 2. The fourth-order valence-corrected chi connectivity index (χ4v) is 3.58. The molecule has 0 bridgehead atoms. The summed E-state index contributed by atoms with van der Waals surface area (Å²) in [4.78, 5) is 12.3. The molecule has 2 aromatic rings. The lowest BCUT2D eigenvalue weighted by molar-refractivity contribution is 0.0951. The Balaban J connectivity index is 2.20. The van der Waals surface area contributed by atoms with Gasteiger partial charge in [0.05, 0.1) is 15.5 Å². The lowest BCUT2D eigenvalue weighted by Gasteiger charge is -2.12. The van der Waals surface area contributed by atoms with E-state index in [1.165, 1.54) is 18.2 Å². The molecule has 0 unspecified atom stereocenters. The minimum absolute atomic E-state index is 0.00506. The summed E-state index contributed by atoms with van der Waals surface area (Å²) in [5.41, 5.74) is 1.06. The number of nitrogens with one attached hydrogen (secondary N) is 2. The van der Waals surface area contributed by atoms with Crippen LogP contribution in [0.5, 0.6) is 0 Å². The van der Waals surface area contributed by atoms with Crippen molar-refractivity contribution in [2.75, 3.05) is 0 Å². The van der Waals surface area contributed by atoms with E-state index in [2.05, 4.69) is 10.0 Å². The van der Waals surface area contributed by atoms with Gasteiger partial charge in [0, 0.05) is 12.6 Å². The molecule has 0 aliphatic rings. The van der Waals surface area contributed by atoms with Gasteiger partial charge in [-0.2, -0.15) is 0 Å². The van der Waals surface area contributed by atoms with E-state index in [1.807, 2.05) is 30.3 Å². The molecular formula is C17H19ClN2O3S. The maximum Gasteiger partial charge on any atom is 0.253 e. The highest BCUT2D eigenvalue weighted by molar-refractivity contribution is 7.89. The van der Waals surface area contributed by atoms with E-state index in [9.17, 15) is 13.2 Å². The van der Waals surface area contributed by atoms with E-state index in [1.54, 1.807) is 13.8 Å². The fourth-order valence-electron chi connectivity index (χ4n) is 2.10. The summed E-state index contributed by atoms with van der Waals surface area (Å²) < 4.78 is 26.9. The first-order chi connectivity index (χ1) is 11.3. The first-order valence-corrected chi connectivity index (χ1v) is 9.30. The Labute approximate surface area is 147 Å². The van der Waals surface area contributed by atoms with E-state index < -0.39 is 15.9 Å². The molecule has 0 fully saturated rings. The van der Waals surface area contributed by atoms with Crippen LogP contribution in [0.2, 0.25) is 5.02 Å². The van der Waals surface area contributed by atoms with Crippen LogP contribution in [-0.4, -0.2) is 20.4 Å². The Bertz CT molecular complexity index is 821. The largest absolute Gasteiger partial charge is 0.348 e. The molecule has 1 amide bonds. The molecule has 0 saturated carbocycles. The second kappa shape index (κ2) is 7.79. The third-order valence-corrected chi connectivity index (χ3v) is 5.17. The topological polar surface area (TPSA) is 75.3 Å². The predicted octanol–water partition coefficient (Wildman–Crippen LogP) is 2.96. The SMILES string of the molecule is CC(C)NS(=O)(=O)c1ccc(Cl)c(C(=O)NCc2ccccc2)c1. The number of amides is 1. The van der Waals surface area contributed by atoms with Crippen LogP contribution in [0.4, 0.5) is 0 Å². The molecule has 0 atom stereocenters. The second-order valence-electron chi connectivity index (χ2n) is 5.59. The molecule has 0 spiro atoms. The van der Waals surface area contributed by atoms with Gasteiger partial charge < -0.3 is 5.32 Å². The number of rotatable bonds is 6. The van der Waals surface area contributed by atoms with Gasteiger partial charge in [-0.15, -0.1) is 0 Å². The average molecular weight is 367 g/mol. The van der Waals surface area contributed by atoms with Crippen LogP contribution >= 0.6 is 11.6 Å². The van der Waals surface area contributed by atoms with Crippen LogP contribution in [0.1, 0.15) is 29.8 Å². The maximum atomic E-state index is 12.3. The van der Waals surface area contributed by atoms with Gasteiger partial charge in [-0.3, -0.25) is 4.79 Å². The summed E-state index contributed by atoms with van der Waals surface area (Å²) in [5.74, 6) is -0.426. The van der Waals surface area contributed by atoms with E-state index in [0.717, 1.165) is 5.56 Å². The number of carbonyl (C=O) groups excluding carboxylic acids is 1. The Hall–Kier alpha value is -1.89. The van der Waals surface area contributed by atoms with Crippen molar-refractivity contribution < 1.29 is 13.2 Å². The van der Waals surface area contributed by atoms with Gasteiger partial charge in [0.2, 0.25) is 10.0 Å². The third-order valence-electron chi connectivity index (χ3n) is 3.18. The number of halogens is 1. The van der Waals surface area contributed by atoms with Crippen LogP contribution < -0.4 is 10.0 Å². The Morgan fingerprint density at radius 2 is 1.79 bits per heavy atom. The van der Waals surface area contributed by atoms with Crippen LogP contribution in [0.15, 0.2) is 53.4 Å². The molecule has 2 N–H and O–H groups in total. The quantitative estimate of drug-likeness (QED) is 0.825. The first-order valence-electron chi connectivity index (χ1n) is 7.43. The van der Waals surface area contributed by atoms with Crippen molar-refractivity contribution in [2.24, 2.45) is 0 Å².